The van der Waals surface area contributed by atoms with Crippen molar-refractivity contribution in [2.45, 2.75) is 44.7 Å². The van der Waals surface area contributed by atoms with Crippen molar-refractivity contribution in [3.8, 4) is 18.1 Å². The zero-order valence-corrected chi connectivity index (χ0v) is 13.9. The van der Waals surface area contributed by atoms with Gasteiger partial charge in [-0.2, -0.15) is 0 Å². The Hall–Kier alpha value is -2.62. The van der Waals surface area contributed by atoms with Crippen molar-refractivity contribution in [3.63, 3.8) is 0 Å². The third-order valence-electron chi connectivity index (χ3n) is 4.03. The Labute approximate surface area is 145 Å². The minimum absolute atomic E-state index is 0.157. The van der Waals surface area contributed by atoms with Crippen LogP contribution in [0, 0.1) is 24.0 Å². The molecule has 1 aliphatic carbocycles. The Balaban J connectivity index is 2.12. The van der Waals surface area contributed by atoms with Gasteiger partial charge >= 0.3 is 0 Å². The number of hydrogen-bond acceptors (Lipinski definition) is 3. The summed E-state index contributed by atoms with van der Waals surface area (Å²) < 4.78 is 32.7. The smallest absolute Gasteiger partial charge is 0.251 e. The minimum atomic E-state index is -0.998. The Kier molecular flexibility index (Phi) is 6.34. The van der Waals surface area contributed by atoms with Gasteiger partial charge in [0.25, 0.3) is 5.91 Å². The van der Waals surface area contributed by atoms with Crippen LogP contribution in [0.3, 0.4) is 0 Å². The maximum atomic E-state index is 14.0. The zero-order valence-electron chi connectivity index (χ0n) is 13.9. The summed E-state index contributed by atoms with van der Waals surface area (Å²) in [6.07, 6.45) is 8.27. The number of hydrogen-bond donors (Lipinski definition) is 2. The predicted octanol–water partition coefficient (Wildman–Crippen LogP) is 2.15. The van der Waals surface area contributed by atoms with Crippen LogP contribution in [-0.2, 0) is 4.79 Å². The summed E-state index contributed by atoms with van der Waals surface area (Å²) in [5.74, 6) is -1.28. The first-order valence-electron chi connectivity index (χ1n) is 8.05. The molecule has 1 aliphatic rings. The molecule has 0 heterocycles. The Morgan fingerprint density at radius 3 is 2.28 bits per heavy atom. The number of benzene rings is 1. The largest absolute Gasteiger partial charge is 0.475 e. The van der Waals surface area contributed by atoms with Gasteiger partial charge in [0.05, 0.1) is 0 Å². The molecule has 0 radical (unpaired) electrons. The number of halogens is 2. The fourth-order valence-corrected chi connectivity index (χ4v) is 2.93. The van der Waals surface area contributed by atoms with Crippen LogP contribution in [0.2, 0.25) is 0 Å². The van der Waals surface area contributed by atoms with E-state index in [2.05, 4.69) is 16.6 Å². The van der Waals surface area contributed by atoms with Gasteiger partial charge in [-0.15, -0.1) is 6.42 Å². The van der Waals surface area contributed by atoms with E-state index in [0.29, 0.717) is 6.42 Å². The first-order chi connectivity index (χ1) is 11.9. The third kappa shape index (κ3) is 4.92. The highest BCUT2D eigenvalue weighted by Crippen LogP contribution is 2.24. The molecule has 0 aromatic heterocycles. The molecule has 1 aromatic carbocycles. The van der Waals surface area contributed by atoms with Crippen LogP contribution in [0.25, 0.3) is 0 Å². The highest BCUT2D eigenvalue weighted by atomic mass is 19.1. The Morgan fingerprint density at radius 2 is 1.76 bits per heavy atom. The van der Waals surface area contributed by atoms with E-state index in [4.69, 9.17) is 11.2 Å². The predicted molar refractivity (Wildman–Crippen MR) is 88.0 cm³/mol. The van der Waals surface area contributed by atoms with E-state index in [1.807, 2.05) is 0 Å². The molecule has 2 rings (SSSR count). The SMILES string of the molecule is C#CCOc1c(F)cc(C(=O)NC2CCCCC2NC(C)=O)cc1F. The summed E-state index contributed by atoms with van der Waals surface area (Å²) in [5, 5.41) is 5.55. The van der Waals surface area contributed by atoms with Crippen molar-refractivity contribution < 1.29 is 23.1 Å². The fourth-order valence-electron chi connectivity index (χ4n) is 2.93. The molecule has 2 atom stereocenters. The van der Waals surface area contributed by atoms with E-state index in [1.165, 1.54) is 6.92 Å². The molecular weight excluding hydrogens is 330 g/mol. The standard InChI is InChI=1S/C18H20F2N2O3/c1-3-8-25-17-13(19)9-12(10-14(17)20)18(24)22-16-7-5-4-6-15(16)21-11(2)23/h1,9-10,15-16H,4-8H2,2H3,(H,21,23)(H,22,24). The average molecular weight is 350 g/mol. The quantitative estimate of drug-likeness (QED) is 0.800. The lowest BCUT2D eigenvalue weighted by Crippen LogP contribution is -2.52. The zero-order chi connectivity index (χ0) is 18.4. The van der Waals surface area contributed by atoms with E-state index < -0.39 is 23.3 Å². The molecule has 0 saturated heterocycles. The molecule has 0 bridgehead atoms. The molecule has 2 amide bonds. The molecule has 1 aromatic rings. The van der Waals surface area contributed by atoms with Crippen molar-refractivity contribution in [2.75, 3.05) is 6.61 Å². The van der Waals surface area contributed by atoms with Gasteiger partial charge in [-0.3, -0.25) is 9.59 Å². The summed E-state index contributed by atoms with van der Waals surface area (Å²) in [6, 6.07) is 1.33. The molecule has 2 unspecified atom stereocenters. The third-order valence-corrected chi connectivity index (χ3v) is 4.03. The van der Waals surface area contributed by atoms with Crippen LogP contribution in [0.1, 0.15) is 43.0 Å². The van der Waals surface area contributed by atoms with Crippen molar-refractivity contribution in [2.24, 2.45) is 0 Å². The van der Waals surface area contributed by atoms with E-state index in [0.717, 1.165) is 31.4 Å². The highest BCUT2D eigenvalue weighted by molar-refractivity contribution is 5.94. The fraction of sp³-hybridized carbons (Fsp3) is 0.444. The lowest BCUT2D eigenvalue weighted by Gasteiger charge is -2.32. The normalized spacial score (nSPS) is 19.6. The van der Waals surface area contributed by atoms with E-state index in [1.54, 1.807) is 0 Å². The second-order valence-corrected chi connectivity index (χ2v) is 5.93. The van der Waals surface area contributed by atoms with Crippen molar-refractivity contribution in [3.05, 3.63) is 29.3 Å². The second kappa shape index (κ2) is 8.47. The number of carbonyl (C=O) groups is 2. The molecule has 0 aliphatic heterocycles. The highest BCUT2D eigenvalue weighted by Gasteiger charge is 2.28. The molecule has 134 valence electrons. The van der Waals surface area contributed by atoms with Crippen LogP contribution in [-0.4, -0.2) is 30.5 Å². The number of rotatable bonds is 5. The topological polar surface area (TPSA) is 67.4 Å². The van der Waals surface area contributed by atoms with E-state index in [9.17, 15) is 18.4 Å². The van der Waals surface area contributed by atoms with Crippen LogP contribution < -0.4 is 15.4 Å². The van der Waals surface area contributed by atoms with Crippen LogP contribution >= 0.6 is 0 Å². The van der Waals surface area contributed by atoms with E-state index in [-0.39, 0.29) is 30.2 Å². The number of amides is 2. The monoisotopic (exact) mass is 350 g/mol. The lowest BCUT2D eigenvalue weighted by atomic mass is 9.90. The lowest BCUT2D eigenvalue weighted by molar-refractivity contribution is -0.120. The molecule has 7 heteroatoms. The van der Waals surface area contributed by atoms with Gasteiger partial charge in [0.1, 0.15) is 6.61 Å². The molecule has 2 N–H and O–H groups in total. The molecular formula is C18H20F2N2O3. The summed E-state index contributed by atoms with van der Waals surface area (Å²) in [6.45, 7) is 1.13. The number of nitrogens with one attached hydrogen (secondary N) is 2. The maximum absolute atomic E-state index is 14.0. The summed E-state index contributed by atoms with van der Waals surface area (Å²) in [7, 11) is 0. The Morgan fingerprint density at radius 1 is 1.20 bits per heavy atom. The minimum Gasteiger partial charge on any atom is -0.475 e. The van der Waals surface area contributed by atoms with Gasteiger partial charge in [-0.1, -0.05) is 18.8 Å². The molecule has 0 spiro atoms. The van der Waals surface area contributed by atoms with Crippen LogP contribution in [0.15, 0.2) is 12.1 Å². The summed E-state index contributed by atoms with van der Waals surface area (Å²) >= 11 is 0. The van der Waals surface area contributed by atoms with Crippen molar-refractivity contribution in [1.29, 1.82) is 0 Å². The molecule has 5 nitrogen and oxygen atoms in total. The van der Waals surface area contributed by atoms with Gasteiger partial charge in [-0.25, -0.2) is 8.78 Å². The number of carbonyl (C=O) groups excluding carboxylic acids is 2. The Bertz CT molecular complexity index is 677. The van der Waals surface area contributed by atoms with Crippen LogP contribution in [0.5, 0.6) is 5.75 Å². The van der Waals surface area contributed by atoms with Crippen molar-refractivity contribution >= 4 is 11.8 Å². The first-order valence-corrected chi connectivity index (χ1v) is 8.05. The van der Waals surface area contributed by atoms with Crippen molar-refractivity contribution in [1.82, 2.24) is 10.6 Å². The number of terminal acetylenes is 1. The van der Waals surface area contributed by atoms with E-state index >= 15 is 0 Å². The van der Waals surface area contributed by atoms with Gasteiger partial charge < -0.3 is 15.4 Å². The summed E-state index contributed by atoms with van der Waals surface area (Å²) in [4.78, 5) is 23.6. The number of ether oxygens (including phenoxy) is 1. The van der Waals surface area contributed by atoms with Crippen LogP contribution in [0.4, 0.5) is 8.78 Å². The average Bonchev–Trinajstić information content (AvgIpc) is 2.55. The summed E-state index contributed by atoms with van der Waals surface area (Å²) in [5.41, 5.74) is -0.157. The molecule has 1 saturated carbocycles. The van der Waals surface area contributed by atoms with Gasteiger partial charge in [0.2, 0.25) is 5.91 Å². The maximum Gasteiger partial charge on any atom is 0.251 e. The van der Waals surface area contributed by atoms with Gasteiger partial charge in [-0.05, 0) is 25.0 Å². The van der Waals surface area contributed by atoms with Gasteiger partial charge in [0, 0.05) is 24.6 Å². The van der Waals surface area contributed by atoms with Gasteiger partial charge in [0.15, 0.2) is 17.4 Å². The second-order valence-electron chi connectivity index (χ2n) is 5.93. The molecule has 1 fully saturated rings. The first kappa shape index (κ1) is 18.7. The molecule has 25 heavy (non-hydrogen) atoms.